The highest BCUT2D eigenvalue weighted by Crippen LogP contribution is 2.31. The molecule has 0 radical (unpaired) electrons. The van der Waals surface area contributed by atoms with Crippen LogP contribution in [0.3, 0.4) is 0 Å². The zero-order chi connectivity index (χ0) is 29.9. The summed E-state index contributed by atoms with van der Waals surface area (Å²) in [5.74, 6) is -0.699. The van der Waals surface area contributed by atoms with Crippen LogP contribution in [0.5, 0.6) is 5.75 Å². The van der Waals surface area contributed by atoms with E-state index in [0.717, 1.165) is 42.0 Å². The number of ether oxygens (including phenoxy) is 1. The lowest BCUT2D eigenvalue weighted by molar-refractivity contribution is 0.0731. The van der Waals surface area contributed by atoms with Gasteiger partial charge in [0.15, 0.2) is 9.84 Å². The Bertz CT molecular complexity index is 1600. The van der Waals surface area contributed by atoms with Gasteiger partial charge in [0.05, 0.1) is 6.54 Å². The first-order valence-corrected chi connectivity index (χ1v) is 16.2. The molecule has 2 aliphatic heterocycles. The third-order valence-electron chi connectivity index (χ3n) is 7.92. The molecule has 2 aliphatic rings. The Morgan fingerprint density at radius 3 is 2.55 bits per heavy atom. The average molecular weight is 598 g/mol. The smallest absolute Gasteiger partial charge is 0.254 e. The average Bonchev–Trinajstić information content (AvgIpc) is 3.21. The van der Waals surface area contributed by atoms with E-state index in [1.807, 2.05) is 30.3 Å². The molecule has 3 aromatic rings. The fourth-order valence-corrected chi connectivity index (χ4v) is 6.34. The second-order valence-electron chi connectivity index (χ2n) is 10.9. The van der Waals surface area contributed by atoms with Gasteiger partial charge in [0, 0.05) is 50.5 Å². The molecule has 2 amide bonds. The largest absolute Gasteiger partial charge is 0.491 e. The van der Waals surface area contributed by atoms with Crippen LogP contribution in [0, 0.1) is 5.82 Å². The summed E-state index contributed by atoms with van der Waals surface area (Å²) in [7, 11) is -3.77. The Kier molecular flexibility index (Phi) is 8.93. The molecule has 1 unspecified atom stereocenters. The van der Waals surface area contributed by atoms with E-state index in [2.05, 4.69) is 10.6 Å². The number of amides is 2. The number of fused-ring (bicyclic) bond motifs is 1. The molecule has 1 fully saturated rings. The van der Waals surface area contributed by atoms with Gasteiger partial charge in [-0.25, -0.2) is 12.8 Å². The molecule has 0 aromatic heterocycles. The highest BCUT2D eigenvalue weighted by Gasteiger charge is 2.27. The Labute approximate surface area is 249 Å². The second-order valence-corrected chi connectivity index (χ2v) is 12.8. The van der Waals surface area contributed by atoms with Crippen LogP contribution in [0.4, 0.5) is 4.39 Å². The number of sulfone groups is 1. The van der Waals surface area contributed by atoms with Gasteiger partial charge in [-0.2, -0.15) is 0 Å². The van der Waals surface area contributed by atoms with Crippen LogP contribution in [-0.2, 0) is 22.8 Å². The third kappa shape index (κ3) is 6.50. The first-order chi connectivity index (χ1) is 20.2. The molecular weight excluding hydrogens is 557 g/mol. The number of benzene rings is 3. The van der Waals surface area contributed by atoms with Crippen LogP contribution in [0.2, 0.25) is 0 Å². The van der Waals surface area contributed by atoms with Gasteiger partial charge in [-0.3, -0.25) is 9.59 Å². The SMILES string of the molecule is CCc1c(C(=O)N2CCOc3ccc(-c4ccc(C(=O)NCC5CCCCN5)cc4)cc3C2)ccc(S(C)(=O)=O)c1F.[HH].[HH]. The molecule has 0 bridgehead atoms. The van der Waals surface area contributed by atoms with Gasteiger partial charge in [-0.1, -0.05) is 31.5 Å². The van der Waals surface area contributed by atoms with Crippen molar-refractivity contribution >= 4 is 21.7 Å². The predicted molar refractivity (Wildman–Crippen MR) is 163 cm³/mol. The minimum Gasteiger partial charge on any atom is -0.491 e. The number of piperidine rings is 1. The molecule has 1 atom stereocenters. The summed E-state index contributed by atoms with van der Waals surface area (Å²) in [5, 5.41) is 6.45. The Balaban J connectivity index is 0.00000264. The van der Waals surface area contributed by atoms with E-state index in [1.165, 1.54) is 18.9 Å². The molecule has 1 saturated heterocycles. The van der Waals surface area contributed by atoms with Crippen molar-refractivity contribution in [1.82, 2.24) is 15.5 Å². The number of nitrogens with zero attached hydrogens (tertiary/aromatic N) is 1. The molecule has 10 heteroatoms. The summed E-state index contributed by atoms with van der Waals surface area (Å²) in [6.45, 7) is 4.09. The molecule has 0 spiro atoms. The maximum absolute atomic E-state index is 15.1. The van der Waals surface area contributed by atoms with Gasteiger partial charge < -0.3 is 20.3 Å². The zero-order valence-electron chi connectivity index (χ0n) is 23.9. The minimum absolute atomic E-state index is 0. The fourth-order valence-electron chi connectivity index (χ4n) is 5.58. The quantitative estimate of drug-likeness (QED) is 0.403. The summed E-state index contributed by atoms with van der Waals surface area (Å²) < 4.78 is 45.0. The maximum atomic E-state index is 15.1. The first kappa shape index (κ1) is 29.7. The molecule has 0 aliphatic carbocycles. The summed E-state index contributed by atoms with van der Waals surface area (Å²) in [4.78, 5) is 27.4. The Hall–Kier alpha value is -3.76. The Morgan fingerprint density at radius 1 is 1.10 bits per heavy atom. The van der Waals surface area contributed by atoms with E-state index in [4.69, 9.17) is 4.74 Å². The molecule has 8 nitrogen and oxygen atoms in total. The van der Waals surface area contributed by atoms with Crippen molar-refractivity contribution in [2.75, 3.05) is 32.5 Å². The number of rotatable bonds is 7. The van der Waals surface area contributed by atoms with Crippen molar-refractivity contribution in [3.63, 3.8) is 0 Å². The molecule has 2 N–H and O–H groups in total. The van der Waals surface area contributed by atoms with Gasteiger partial charge in [0.1, 0.15) is 23.1 Å². The van der Waals surface area contributed by atoms with E-state index >= 15 is 4.39 Å². The van der Waals surface area contributed by atoms with E-state index < -0.39 is 20.5 Å². The topological polar surface area (TPSA) is 105 Å². The van der Waals surface area contributed by atoms with Crippen molar-refractivity contribution in [2.45, 2.75) is 50.1 Å². The fraction of sp³-hybridized carbons (Fsp3) is 0.375. The number of nitrogens with one attached hydrogen (secondary N) is 2. The molecule has 0 saturated carbocycles. The number of carbonyl (C=O) groups excluding carboxylic acids is 2. The summed E-state index contributed by atoms with van der Waals surface area (Å²) in [6, 6.07) is 16.0. The monoisotopic (exact) mass is 597 g/mol. The van der Waals surface area contributed by atoms with Crippen molar-refractivity contribution in [3.05, 3.63) is 82.7 Å². The lowest BCUT2D eigenvalue weighted by atomic mass is 10.00. The van der Waals surface area contributed by atoms with E-state index in [0.29, 0.717) is 30.4 Å². The van der Waals surface area contributed by atoms with Gasteiger partial charge in [-0.05, 0) is 73.3 Å². The number of hydrogen-bond donors (Lipinski definition) is 2. The van der Waals surface area contributed by atoms with Crippen LogP contribution in [-0.4, -0.2) is 63.7 Å². The molecular formula is C32H40FN3O5S. The lowest BCUT2D eigenvalue weighted by Crippen LogP contribution is -2.43. The molecule has 226 valence electrons. The van der Waals surface area contributed by atoms with Crippen LogP contribution < -0.4 is 15.4 Å². The van der Waals surface area contributed by atoms with Crippen LogP contribution in [0.1, 0.15) is 60.9 Å². The zero-order valence-corrected chi connectivity index (χ0v) is 24.7. The third-order valence-corrected chi connectivity index (χ3v) is 9.03. The molecule has 5 rings (SSSR count). The Morgan fingerprint density at radius 2 is 1.86 bits per heavy atom. The molecule has 42 heavy (non-hydrogen) atoms. The van der Waals surface area contributed by atoms with Gasteiger partial charge in [-0.15, -0.1) is 0 Å². The van der Waals surface area contributed by atoms with Crippen molar-refractivity contribution in [2.24, 2.45) is 0 Å². The normalized spacial score (nSPS) is 17.1. The molecule has 3 aromatic carbocycles. The highest BCUT2D eigenvalue weighted by molar-refractivity contribution is 7.90. The van der Waals surface area contributed by atoms with E-state index in [-0.39, 0.29) is 45.4 Å². The second kappa shape index (κ2) is 12.6. The van der Waals surface area contributed by atoms with Crippen LogP contribution in [0.25, 0.3) is 11.1 Å². The minimum atomic E-state index is -3.77. The number of hydrogen-bond acceptors (Lipinski definition) is 6. The van der Waals surface area contributed by atoms with E-state index in [1.54, 1.807) is 24.0 Å². The van der Waals surface area contributed by atoms with Gasteiger partial charge >= 0.3 is 0 Å². The number of carbonyl (C=O) groups is 2. The summed E-state index contributed by atoms with van der Waals surface area (Å²) >= 11 is 0. The van der Waals surface area contributed by atoms with Crippen molar-refractivity contribution in [3.8, 4) is 16.9 Å². The highest BCUT2D eigenvalue weighted by atomic mass is 32.2. The lowest BCUT2D eigenvalue weighted by Gasteiger charge is -2.23. The standard InChI is InChI=1S/C32H36FN3O5S.2H2/c1-3-26-27(12-14-29(30(26)33)42(2,39)40)32(38)36-16-17-41-28-13-11-23(18-24(28)20-36)21-7-9-22(10-8-21)31(37)35-19-25-6-4-5-15-34-25;;/h7-14,18,25,34H,3-6,15-17,19-20H2,1-2H3,(H,35,37);2*1H. The number of halogens is 1. The summed E-state index contributed by atoms with van der Waals surface area (Å²) in [6.07, 6.45) is 4.54. The van der Waals surface area contributed by atoms with Crippen LogP contribution in [0.15, 0.2) is 59.5 Å². The van der Waals surface area contributed by atoms with E-state index in [9.17, 15) is 18.0 Å². The first-order valence-electron chi connectivity index (χ1n) is 14.3. The van der Waals surface area contributed by atoms with Gasteiger partial charge in [0.2, 0.25) is 0 Å². The summed E-state index contributed by atoms with van der Waals surface area (Å²) in [5.41, 5.74) is 3.44. The maximum Gasteiger partial charge on any atom is 0.254 e. The van der Waals surface area contributed by atoms with Crippen molar-refractivity contribution < 1.29 is 30.0 Å². The predicted octanol–water partition coefficient (Wildman–Crippen LogP) is 4.86. The molecule has 2 heterocycles. The van der Waals surface area contributed by atoms with Gasteiger partial charge in [0.25, 0.3) is 11.8 Å². The van der Waals surface area contributed by atoms with Crippen molar-refractivity contribution in [1.29, 1.82) is 0 Å². The van der Waals surface area contributed by atoms with Crippen LogP contribution >= 0.6 is 0 Å².